The summed E-state index contributed by atoms with van der Waals surface area (Å²) >= 11 is -4.71. The van der Waals surface area contributed by atoms with Crippen LogP contribution in [0.2, 0.25) is 4.44 Å². The molecule has 0 fully saturated rings. The van der Waals surface area contributed by atoms with Crippen LogP contribution in [0.25, 0.3) is 0 Å². The quantitative estimate of drug-likeness (QED) is 0.477. The molecule has 0 aliphatic carbocycles. The predicted octanol–water partition coefficient (Wildman–Crippen LogP) is 4.72. The summed E-state index contributed by atoms with van der Waals surface area (Å²) in [7, 11) is 0. The van der Waals surface area contributed by atoms with Crippen molar-refractivity contribution in [2.75, 3.05) is 0 Å². The van der Waals surface area contributed by atoms with Crippen molar-refractivity contribution in [2.45, 2.75) is 11.4 Å². The first-order valence-electron chi connectivity index (χ1n) is 8.91. The van der Waals surface area contributed by atoms with E-state index >= 15 is 0 Å². The van der Waals surface area contributed by atoms with Crippen molar-refractivity contribution >= 4 is 29.8 Å². The first-order valence-corrected chi connectivity index (χ1v) is 15.2. The molecule has 3 aromatic carbocycles. The van der Waals surface area contributed by atoms with Crippen molar-refractivity contribution < 1.29 is 14.4 Å². The average molecular weight is 463 g/mol. The van der Waals surface area contributed by atoms with Gasteiger partial charge < -0.3 is 0 Å². The summed E-state index contributed by atoms with van der Waals surface area (Å²) in [6, 6.07) is 26.2. The van der Waals surface area contributed by atoms with Crippen molar-refractivity contribution in [3.8, 4) is 0 Å². The Bertz CT molecular complexity index is 825. The van der Waals surface area contributed by atoms with Gasteiger partial charge in [-0.3, -0.25) is 0 Å². The van der Waals surface area contributed by atoms with E-state index in [1.54, 1.807) is 79.7 Å². The van der Waals surface area contributed by atoms with Gasteiger partial charge in [0, 0.05) is 0 Å². The minimum absolute atomic E-state index is 0.255. The average Bonchev–Trinajstić information content (AvgIpc) is 2.76. The van der Waals surface area contributed by atoms with Crippen LogP contribution in [0.15, 0.2) is 91.0 Å². The SMILES string of the molecule is C[CH2][Sn]([C](=O)c1ccccc1)([C](=O)c1ccccc1)[C](=O)c1ccccc1. The van der Waals surface area contributed by atoms with Crippen LogP contribution < -0.4 is 0 Å². The summed E-state index contributed by atoms with van der Waals surface area (Å²) in [5, 5.41) is 0. The second kappa shape index (κ2) is 8.44. The number of hydrogen-bond acceptors (Lipinski definition) is 3. The molecule has 3 rings (SSSR count). The molecular weight excluding hydrogens is 443 g/mol. The Morgan fingerprint density at radius 3 is 1.04 bits per heavy atom. The van der Waals surface area contributed by atoms with Crippen molar-refractivity contribution in [2.24, 2.45) is 0 Å². The van der Waals surface area contributed by atoms with E-state index in [4.69, 9.17) is 0 Å². The maximum absolute atomic E-state index is 13.6. The number of rotatable bonds is 7. The van der Waals surface area contributed by atoms with Crippen LogP contribution in [0.3, 0.4) is 0 Å². The van der Waals surface area contributed by atoms with Gasteiger partial charge >= 0.3 is 163 Å². The molecule has 0 bridgehead atoms. The zero-order valence-electron chi connectivity index (χ0n) is 15.1. The van der Waals surface area contributed by atoms with Gasteiger partial charge in [-0.2, -0.15) is 0 Å². The summed E-state index contributed by atoms with van der Waals surface area (Å²) in [5.74, 6) is 0. The fourth-order valence-electron chi connectivity index (χ4n) is 3.30. The molecule has 0 unspecified atom stereocenters. The second-order valence-electron chi connectivity index (χ2n) is 6.34. The summed E-state index contributed by atoms with van der Waals surface area (Å²) in [6.07, 6.45) is 0. The normalized spacial score (nSPS) is 11.0. The van der Waals surface area contributed by atoms with Crippen LogP contribution in [0.5, 0.6) is 0 Å². The number of carbonyl (C=O) groups excluding carboxylic acids is 3. The summed E-state index contributed by atoms with van der Waals surface area (Å²) in [5.41, 5.74) is 1.34. The first-order chi connectivity index (χ1) is 13.1. The van der Waals surface area contributed by atoms with Gasteiger partial charge in [0.1, 0.15) is 0 Å². The molecule has 4 heteroatoms. The van der Waals surface area contributed by atoms with Crippen LogP contribution in [-0.4, -0.2) is 29.8 Å². The van der Waals surface area contributed by atoms with Gasteiger partial charge in [-0.05, 0) is 0 Å². The van der Waals surface area contributed by atoms with Crippen LogP contribution in [0.1, 0.15) is 38.0 Å². The van der Waals surface area contributed by atoms with E-state index < -0.39 is 18.4 Å². The summed E-state index contributed by atoms with van der Waals surface area (Å²) in [6.45, 7) is 1.80. The van der Waals surface area contributed by atoms with Crippen molar-refractivity contribution in [3.63, 3.8) is 0 Å². The molecule has 0 radical (unpaired) electrons. The van der Waals surface area contributed by atoms with Crippen molar-refractivity contribution in [1.82, 2.24) is 0 Å². The molecule has 0 aliphatic rings. The maximum atomic E-state index is 13.6. The van der Waals surface area contributed by atoms with Gasteiger partial charge in [0.15, 0.2) is 0 Å². The van der Waals surface area contributed by atoms with Gasteiger partial charge in [-0.1, -0.05) is 0 Å². The van der Waals surface area contributed by atoms with Gasteiger partial charge in [0.05, 0.1) is 0 Å². The van der Waals surface area contributed by atoms with E-state index in [-0.39, 0.29) is 11.4 Å². The number of hydrogen-bond donors (Lipinski definition) is 0. The molecule has 0 atom stereocenters. The molecule has 0 heterocycles. The molecule has 0 aromatic heterocycles. The van der Waals surface area contributed by atoms with Gasteiger partial charge in [-0.15, -0.1) is 0 Å². The van der Waals surface area contributed by atoms with E-state index in [1.807, 2.05) is 18.2 Å². The molecule has 3 nitrogen and oxygen atoms in total. The van der Waals surface area contributed by atoms with E-state index in [0.29, 0.717) is 21.1 Å². The van der Waals surface area contributed by atoms with Crippen molar-refractivity contribution in [1.29, 1.82) is 0 Å². The monoisotopic (exact) mass is 464 g/mol. The van der Waals surface area contributed by atoms with Gasteiger partial charge in [-0.25, -0.2) is 0 Å². The van der Waals surface area contributed by atoms with Gasteiger partial charge in [0.25, 0.3) is 0 Å². The van der Waals surface area contributed by atoms with E-state index in [2.05, 4.69) is 0 Å². The van der Waals surface area contributed by atoms with Crippen LogP contribution in [0, 0.1) is 0 Å². The Labute approximate surface area is 162 Å². The van der Waals surface area contributed by atoms with E-state index in [0.717, 1.165) is 0 Å². The third-order valence-electron chi connectivity index (χ3n) is 4.80. The molecule has 0 aliphatic heterocycles. The molecule has 134 valence electrons. The zero-order chi connectivity index (χ0) is 19.3. The third-order valence-corrected chi connectivity index (χ3v) is 16.9. The Hall–Kier alpha value is -2.53. The standard InChI is InChI=1S/3C7H5O.C2H5.Sn/c3*8-6-7-4-2-1-3-5-7;1-2;/h3*1-5H;1H2,2H3;. The topological polar surface area (TPSA) is 51.2 Å². The fourth-order valence-corrected chi connectivity index (χ4v) is 13.5. The predicted molar refractivity (Wildman–Crippen MR) is 109 cm³/mol. The second-order valence-corrected chi connectivity index (χ2v) is 17.4. The van der Waals surface area contributed by atoms with Crippen LogP contribution >= 0.6 is 0 Å². The number of carbonyl (C=O) groups is 3. The molecule has 0 amide bonds. The molecule has 0 saturated heterocycles. The summed E-state index contributed by atoms with van der Waals surface area (Å²) < 4.78 is -0.468. The van der Waals surface area contributed by atoms with Crippen LogP contribution in [-0.2, 0) is 0 Å². The third kappa shape index (κ3) is 3.65. The molecule has 27 heavy (non-hydrogen) atoms. The zero-order valence-corrected chi connectivity index (χ0v) is 17.9. The van der Waals surface area contributed by atoms with Crippen LogP contribution in [0.4, 0.5) is 0 Å². The number of benzene rings is 3. The fraction of sp³-hybridized carbons (Fsp3) is 0.0870. The molecule has 3 aromatic rings. The summed E-state index contributed by atoms with van der Waals surface area (Å²) in [4.78, 5) is 40.7. The van der Waals surface area contributed by atoms with E-state index in [1.165, 1.54) is 0 Å². The molecule has 0 N–H and O–H groups in total. The van der Waals surface area contributed by atoms with Gasteiger partial charge in [0.2, 0.25) is 0 Å². The molecule has 0 saturated carbocycles. The molecule has 0 spiro atoms. The Morgan fingerprint density at radius 1 is 0.556 bits per heavy atom. The first kappa shape index (κ1) is 19.2. The molecular formula is C23H20O3Sn. The minimum atomic E-state index is -4.71. The Kier molecular flexibility index (Phi) is 6.01. The Morgan fingerprint density at radius 2 is 0.815 bits per heavy atom. The Balaban J connectivity index is 2.20. The van der Waals surface area contributed by atoms with Crippen molar-refractivity contribution in [3.05, 3.63) is 108 Å². The van der Waals surface area contributed by atoms with E-state index in [9.17, 15) is 14.4 Å².